The van der Waals surface area contributed by atoms with E-state index in [0.29, 0.717) is 19.0 Å². The van der Waals surface area contributed by atoms with Crippen LogP contribution in [-0.4, -0.2) is 18.5 Å². The SMILES string of the molecule is Cc1cccc(CNC(=O)CCNC2CCCCC2)c1. The molecule has 0 heterocycles. The van der Waals surface area contributed by atoms with Gasteiger partial charge in [0.05, 0.1) is 0 Å². The third-order valence-electron chi connectivity index (χ3n) is 3.96. The van der Waals surface area contributed by atoms with Crippen molar-refractivity contribution in [2.45, 2.75) is 58.0 Å². The number of amides is 1. The van der Waals surface area contributed by atoms with Crippen molar-refractivity contribution in [1.82, 2.24) is 10.6 Å². The molecule has 110 valence electrons. The monoisotopic (exact) mass is 274 g/mol. The van der Waals surface area contributed by atoms with Crippen LogP contribution in [0.1, 0.15) is 49.7 Å². The smallest absolute Gasteiger partial charge is 0.221 e. The minimum atomic E-state index is 0.134. The predicted octanol–water partition coefficient (Wildman–Crippen LogP) is 2.92. The van der Waals surface area contributed by atoms with E-state index in [1.165, 1.54) is 43.2 Å². The van der Waals surface area contributed by atoms with E-state index in [2.05, 4.69) is 29.7 Å². The van der Waals surface area contributed by atoms with Gasteiger partial charge < -0.3 is 10.6 Å². The normalized spacial score (nSPS) is 16.1. The van der Waals surface area contributed by atoms with E-state index in [-0.39, 0.29) is 5.91 Å². The van der Waals surface area contributed by atoms with Crippen molar-refractivity contribution in [2.75, 3.05) is 6.54 Å². The molecule has 20 heavy (non-hydrogen) atoms. The standard InChI is InChI=1S/C17H26N2O/c1-14-6-5-7-15(12-14)13-19-17(20)10-11-18-16-8-3-2-4-9-16/h5-7,12,16,18H,2-4,8-11,13H2,1H3,(H,19,20). The summed E-state index contributed by atoms with van der Waals surface area (Å²) in [4.78, 5) is 11.8. The molecule has 0 saturated heterocycles. The molecule has 3 heteroatoms. The zero-order valence-electron chi connectivity index (χ0n) is 12.5. The molecular formula is C17H26N2O. The van der Waals surface area contributed by atoms with Crippen LogP contribution in [0.5, 0.6) is 0 Å². The summed E-state index contributed by atoms with van der Waals surface area (Å²) in [6, 6.07) is 8.89. The maximum Gasteiger partial charge on any atom is 0.221 e. The molecule has 1 aliphatic rings. The topological polar surface area (TPSA) is 41.1 Å². The Kier molecular flexibility index (Phi) is 6.06. The molecule has 3 nitrogen and oxygen atoms in total. The van der Waals surface area contributed by atoms with Crippen LogP contribution in [0.15, 0.2) is 24.3 Å². The van der Waals surface area contributed by atoms with Crippen LogP contribution in [0.2, 0.25) is 0 Å². The Bertz CT molecular complexity index is 425. The summed E-state index contributed by atoms with van der Waals surface area (Å²) in [6.07, 6.45) is 7.14. The first kappa shape index (κ1) is 15.0. The number of rotatable bonds is 6. The maximum atomic E-state index is 11.8. The molecule has 0 aromatic heterocycles. The summed E-state index contributed by atoms with van der Waals surface area (Å²) < 4.78 is 0. The van der Waals surface area contributed by atoms with Crippen LogP contribution in [0.4, 0.5) is 0 Å². The lowest BCUT2D eigenvalue weighted by atomic mass is 9.95. The molecule has 2 rings (SSSR count). The van der Waals surface area contributed by atoms with Crippen LogP contribution in [0.25, 0.3) is 0 Å². The minimum absolute atomic E-state index is 0.134. The Morgan fingerprint density at radius 1 is 1.25 bits per heavy atom. The van der Waals surface area contributed by atoms with Crippen molar-refractivity contribution >= 4 is 5.91 Å². The number of hydrogen-bond acceptors (Lipinski definition) is 2. The second kappa shape index (κ2) is 8.05. The van der Waals surface area contributed by atoms with Gasteiger partial charge in [-0.15, -0.1) is 0 Å². The molecule has 1 amide bonds. The molecule has 1 aromatic carbocycles. The quantitative estimate of drug-likeness (QED) is 0.837. The Hall–Kier alpha value is -1.35. The van der Waals surface area contributed by atoms with Crippen LogP contribution >= 0.6 is 0 Å². The van der Waals surface area contributed by atoms with Crippen molar-refractivity contribution in [3.8, 4) is 0 Å². The second-order valence-corrected chi connectivity index (χ2v) is 5.80. The molecule has 2 N–H and O–H groups in total. The van der Waals surface area contributed by atoms with Crippen molar-refractivity contribution in [3.05, 3.63) is 35.4 Å². The number of aryl methyl sites for hydroxylation is 1. The van der Waals surface area contributed by atoms with Gasteiger partial charge in [-0.1, -0.05) is 49.1 Å². The number of nitrogens with one attached hydrogen (secondary N) is 2. The average molecular weight is 274 g/mol. The molecule has 1 saturated carbocycles. The van der Waals surface area contributed by atoms with Crippen molar-refractivity contribution in [2.24, 2.45) is 0 Å². The van der Waals surface area contributed by atoms with Gasteiger partial charge in [0.25, 0.3) is 0 Å². The highest BCUT2D eigenvalue weighted by molar-refractivity contribution is 5.76. The second-order valence-electron chi connectivity index (χ2n) is 5.80. The van der Waals surface area contributed by atoms with Gasteiger partial charge >= 0.3 is 0 Å². The van der Waals surface area contributed by atoms with Crippen LogP contribution in [0, 0.1) is 6.92 Å². The summed E-state index contributed by atoms with van der Waals surface area (Å²) in [6.45, 7) is 3.49. The lowest BCUT2D eigenvalue weighted by Gasteiger charge is -2.22. The van der Waals surface area contributed by atoms with Gasteiger partial charge in [0.1, 0.15) is 0 Å². The first-order valence-electron chi connectivity index (χ1n) is 7.79. The lowest BCUT2D eigenvalue weighted by molar-refractivity contribution is -0.121. The van der Waals surface area contributed by atoms with E-state index in [1.807, 2.05) is 12.1 Å². The Morgan fingerprint density at radius 2 is 2.05 bits per heavy atom. The van der Waals surface area contributed by atoms with E-state index in [4.69, 9.17) is 0 Å². The van der Waals surface area contributed by atoms with E-state index in [0.717, 1.165) is 6.54 Å². The summed E-state index contributed by atoms with van der Waals surface area (Å²) >= 11 is 0. The lowest BCUT2D eigenvalue weighted by Crippen LogP contribution is -2.34. The third-order valence-corrected chi connectivity index (χ3v) is 3.96. The summed E-state index contributed by atoms with van der Waals surface area (Å²) in [5, 5.41) is 6.48. The van der Waals surface area contributed by atoms with Crippen LogP contribution in [0.3, 0.4) is 0 Å². The van der Waals surface area contributed by atoms with Gasteiger partial charge in [0.2, 0.25) is 5.91 Å². The fraction of sp³-hybridized carbons (Fsp3) is 0.588. The van der Waals surface area contributed by atoms with Crippen LogP contribution < -0.4 is 10.6 Å². The van der Waals surface area contributed by atoms with Crippen molar-refractivity contribution in [3.63, 3.8) is 0 Å². The minimum Gasteiger partial charge on any atom is -0.352 e. The van der Waals surface area contributed by atoms with E-state index in [9.17, 15) is 4.79 Å². The molecule has 0 aliphatic heterocycles. The molecule has 0 bridgehead atoms. The van der Waals surface area contributed by atoms with E-state index >= 15 is 0 Å². The van der Waals surface area contributed by atoms with Gasteiger partial charge in [-0.25, -0.2) is 0 Å². The van der Waals surface area contributed by atoms with Gasteiger partial charge in [0.15, 0.2) is 0 Å². The molecular weight excluding hydrogens is 248 g/mol. The third kappa shape index (κ3) is 5.33. The van der Waals surface area contributed by atoms with Gasteiger partial charge in [-0.05, 0) is 25.3 Å². The molecule has 0 unspecified atom stereocenters. The zero-order valence-corrected chi connectivity index (χ0v) is 12.5. The van der Waals surface area contributed by atoms with Crippen LogP contribution in [-0.2, 0) is 11.3 Å². The Balaban J connectivity index is 1.60. The Labute approximate surface area is 122 Å². The van der Waals surface area contributed by atoms with Gasteiger partial charge in [0, 0.05) is 25.6 Å². The number of carbonyl (C=O) groups excluding carboxylic acids is 1. The Morgan fingerprint density at radius 3 is 2.80 bits per heavy atom. The largest absolute Gasteiger partial charge is 0.352 e. The molecule has 0 atom stereocenters. The highest BCUT2D eigenvalue weighted by atomic mass is 16.1. The fourth-order valence-electron chi connectivity index (χ4n) is 2.81. The molecule has 1 aliphatic carbocycles. The van der Waals surface area contributed by atoms with Gasteiger partial charge in [-0.3, -0.25) is 4.79 Å². The number of carbonyl (C=O) groups is 1. The van der Waals surface area contributed by atoms with E-state index in [1.54, 1.807) is 0 Å². The highest BCUT2D eigenvalue weighted by Crippen LogP contribution is 2.17. The first-order chi connectivity index (χ1) is 9.74. The maximum absolute atomic E-state index is 11.8. The zero-order chi connectivity index (χ0) is 14.2. The average Bonchev–Trinajstić information content (AvgIpc) is 2.46. The molecule has 0 spiro atoms. The predicted molar refractivity (Wildman–Crippen MR) is 82.5 cm³/mol. The van der Waals surface area contributed by atoms with Crippen molar-refractivity contribution in [1.29, 1.82) is 0 Å². The van der Waals surface area contributed by atoms with Crippen molar-refractivity contribution < 1.29 is 4.79 Å². The van der Waals surface area contributed by atoms with Gasteiger partial charge in [-0.2, -0.15) is 0 Å². The number of hydrogen-bond donors (Lipinski definition) is 2. The summed E-state index contributed by atoms with van der Waals surface area (Å²) in [5.74, 6) is 0.134. The summed E-state index contributed by atoms with van der Waals surface area (Å²) in [5.41, 5.74) is 2.40. The highest BCUT2D eigenvalue weighted by Gasteiger charge is 2.12. The van der Waals surface area contributed by atoms with E-state index < -0.39 is 0 Å². The number of benzene rings is 1. The molecule has 1 aromatic rings. The molecule has 1 fully saturated rings. The molecule has 0 radical (unpaired) electrons. The fourth-order valence-corrected chi connectivity index (χ4v) is 2.81. The first-order valence-corrected chi connectivity index (χ1v) is 7.79. The summed E-state index contributed by atoms with van der Waals surface area (Å²) in [7, 11) is 0.